The summed E-state index contributed by atoms with van der Waals surface area (Å²) in [6.45, 7) is 12.8. The van der Waals surface area contributed by atoms with Crippen molar-refractivity contribution >= 4 is 51.2 Å². The van der Waals surface area contributed by atoms with E-state index in [1.165, 1.54) is 5.69 Å². The van der Waals surface area contributed by atoms with Crippen LogP contribution in [0.4, 0.5) is 38.8 Å². The lowest BCUT2D eigenvalue weighted by Gasteiger charge is -2.44. The molecule has 1 unspecified atom stereocenters. The zero-order chi connectivity index (χ0) is 38.2. The standard InChI is InChI=1S/C43H47FN10O2/c1-27-35(26-46-42-41(27)45-15-22-56-42)29-3-4-30-25-47-43(51-38(30)23-29)50-31-5-8-33(9-6-31)52-16-13-34(14-17-52)53-18-20-54(21-19-53)39-11-7-32(24-36(39)44)49-37-10-12-40(55)48-28(37)2/h3-9,11,23-26,34,37,45,49H,2,10,12-22H2,1H3,(H,48,55)(H,47,50,51). The van der Waals surface area contributed by atoms with Gasteiger partial charge in [0.05, 0.1) is 17.2 Å². The second-order valence-corrected chi connectivity index (χ2v) is 15.1. The Kier molecular flexibility index (Phi) is 9.76. The second-order valence-electron chi connectivity index (χ2n) is 15.1. The van der Waals surface area contributed by atoms with E-state index in [0.717, 1.165) is 97.6 Å². The Morgan fingerprint density at radius 3 is 2.48 bits per heavy atom. The lowest BCUT2D eigenvalue weighted by molar-refractivity contribution is -0.121. The lowest BCUT2D eigenvalue weighted by atomic mass is 10.00. The topological polar surface area (TPSA) is 123 Å². The van der Waals surface area contributed by atoms with Gasteiger partial charge in [-0.3, -0.25) is 9.69 Å². The molecule has 4 aliphatic heterocycles. The lowest BCUT2D eigenvalue weighted by Crippen LogP contribution is -2.53. The molecule has 5 aromatic rings. The number of carbonyl (C=O) groups is 1. The van der Waals surface area contributed by atoms with Gasteiger partial charge in [0.1, 0.15) is 18.1 Å². The number of hydrogen-bond donors (Lipinski definition) is 4. The molecule has 1 atom stereocenters. The van der Waals surface area contributed by atoms with Gasteiger partial charge in [-0.1, -0.05) is 18.7 Å². The molecule has 2 aromatic heterocycles. The van der Waals surface area contributed by atoms with Crippen molar-refractivity contribution in [3.8, 4) is 17.0 Å². The van der Waals surface area contributed by atoms with Gasteiger partial charge < -0.3 is 35.8 Å². The van der Waals surface area contributed by atoms with Crippen molar-refractivity contribution in [1.29, 1.82) is 0 Å². The molecule has 0 radical (unpaired) electrons. The second kappa shape index (κ2) is 15.3. The summed E-state index contributed by atoms with van der Waals surface area (Å²) in [6.07, 6.45) is 7.00. The van der Waals surface area contributed by atoms with E-state index in [-0.39, 0.29) is 17.8 Å². The first-order chi connectivity index (χ1) is 27.3. The fraction of sp³-hybridized carbons (Fsp3) is 0.349. The van der Waals surface area contributed by atoms with E-state index in [2.05, 4.69) is 102 Å². The number of benzene rings is 3. The van der Waals surface area contributed by atoms with Crippen LogP contribution in [0.2, 0.25) is 0 Å². The Balaban J connectivity index is 0.766. The Morgan fingerprint density at radius 1 is 0.893 bits per heavy atom. The van der Waals surface area contributed by atoms with E-state index in [4.69, 9.17) is 9.72 Å². The van der Waals surface area contributed by atoms with Crippen LogP contribution >= 0.6 is 0 Å². The number of rotatable bonds is 8. The molecule has 0 bridgehead atoms. The first kappa shape index (κ1) is 35.7. The highest BCUT2D eigenvalue weighted by atomic mass is 19.1. The van der Waals surface area contributed by atoms with Gasteiger partial charge in [-0.05, 0) is 85.8 Å². The number of piperidine rings is 2. The first-order valence-corrected chi connectivity index (χ1v) is 19.6. The molecule has 9 rings (SSSR count). The van der Waals surface area contributed by atoms with Crippen LogP contribution in [-0.2, 0) is 4.79 Å². The number of amides is 1. The summed E-state index contributed by atoms with van der Waals surface area (Å²) >= 11 is 0. The largest absolute Gasteiger partial charge is 0.474 e. The van der Waals surface area contributed by atoms with Crippen molar-refractivity contribution in [2.75, 3.05) is 78.2 Å². The molecule has 56 heavy (non-hydrogen) atoms. The summed E-state index contributed by atoms with van der Waals surface area (Å²) in [5.41, 5.74) is 9.13. The molecule has 3 saturated heterocycles. The average molecular weight is 755 g/mol. The number of pyridine rings is 1. The van der Waals surface area contributed by atoms with Crippen LogP contribution in [0.25, 0.3) is 22.0 Å². The summed E-state index contributed by atoms with van der Waals surface area (Å²) < 4.78 is 21.0. The van der Waals surface area contributed by atoms with Crippen LogP contribution in [0.3, 0.4) is 0 Å². The van der Waals surface area contributed by atoms with E-state index in [1.807, 2.05) is 24.5 Å². The molecule has 3 fully saturated rings. The maximum atomic E-state index is 15.3. The van der Waals surface area contributed by atoms with Crippen LogP contribution in [-0.4, -0.2) is 90.3 Å². The predicted octanol–water partition coefficient (Wildman–Crippen LogP) is 6.68. The molecule has 0 spiro atoms. The number of aromatic nitrogens is 3. The van der Waals surface area contributed by atoms with Crippen LogP contribution in [0, 0.1) is 12.7 Å². The highest BCUT2D eigenvalue weighted by molar-refractivity contribution is 5.86. The molecule has 0 aliphatic carbocycles. The number of piperazine rings is 1. The Labute approximate surface area is 326 Å². The number of hydrogen-bond acceptors (Lipinski definition) is 11. The molecular weight excluding hydrogens is 708 g/mol. The SMILES string of the molecule is C=C1NC(=O)CCC1Nc1ccc(N2CCN(C3CCN(c4ccc(Nc5ncc6ccc(-c7cnc8c(c7C)NCCO8)cc6n5)cc4)CC3)CC2)c(F)c1. The van der Waals surface area contributed by atoms with Crippen molar-refractivity contribution in [2.24, 2.45) is 0 Å². The summed E-state index contributed by atoms with van der Waals surface area (Å²) in [5.74, 6) is 0.954. The number of halogens is 1. The Morgan fingerprint density at radius 2 is 1.70 bits per heavy atom. The maximum absolute atomic E-state index is 15.3. The molecule has 1 amide bonds. The smallest absolute Gasteiger partial charge is 0.237 e. The molecule has 13 heteroatoms. The van der Waals surface area contributed by atoms with Crippen LogP contribution < -0.4 is 35.8 Å². The van der Waals surface area contributed by atoms with E-state index in [0.29, 0.717) is 54.4 Å². The van der Waals surface area contributed by atoms with Crippen molar-refractivity contribution in [1.82, 2.24) is 25.2 Å². The summed E-state index contributed by atoms with van der Waals surface area (Å²) in [7, 11) is 0. The van der Waals surface area contributed by atoms with E-state index >= 15 is 4.39 Å². The first-order valence-electron chi connectivity index (χ1n) is 19.6. The van der Waals surface area contributed by atoms with Gasteiger partial charge in [0, 0.05) is 104 Å². The summed E-state index contributed by atoms with van der Waals surface area (Å²) in [6, 6.07) is 20.5. The van der Waals surface area contributed by atoms with E-state index in [1.54, 1.807) is 6.07 Å². The summed E-state index contributed by atoms with van der Waals surface area (Å²) in [5, 5.41) is 13.9. The third kappa shape index (κ3) is 7.38. The molecule has 4 N–H and O–H groups in total. The number of nitrogens with zero attached hydrogens (tertiary/aromatic N) is 6. The van der Waals surface area contributed by atoms with Crippen molar-refractivity contribution in [2.45, 2.75) is 44.7 Å². The van der Waals surface area contributed by atoms with Crippen molar-refractivity contribution < 1.29 is 13.9 Å². The zero-order valence-electron chi connectivity index (χ0n) is 31.7. The minimum absolute atomic E-state index is 0.0209. The van der Waals surface area contributed by atoms with Gasteiger partial charge >= 0.3 is 0 Å². The number of carbonyl (C=O) groups excluding carboxylic acids is 1. The van der Waals surface area contributed by atoms with Crippen molar-refractivity contribution in [3.05, 3.63) is 96.7 Å². The average Bonchev–Trinajstić information content (AvgIpc) is 3.22. The minimum Gasteiger partial charge on any atom is -0.474 e. The molecule has 6 heterocycles. The summed E-state index contributed by atoms with van der Waals surface area (Å²) in [4.78, 5) is 32.8. The van der Waals surface area contributed by atoms with Crippen molar-refractivity contribution in [3.63, 3.8) is 0 Å². The highest BCUT2D eigenvalue weighted by Crippen LogP contribution is 2.36. The minimum atomic E-state index is -0.231. The monoisotopic (exact) mass is 754 g/mol. The number of anilines is 6. The van der Waals surface area contributed by atoms with Gasteiger partial charge in [0.2, 0.25) is 17.7 Å². The van der Waals surface area contributed by atoms with Crippen LogP contribution in [0.15, 0.2) is 85.3 Å². The number of ether oxygens (including phenoxy) is 1. The quantitative estimate of drug-likeness (QED) is 0.136. The van der Waals surface area contributed by atoms with Gasteiger partial charge in [-0.2, -0.15) is 0 Å². The number of fused-ring (bicyclic) bond motifs is 2. The fourth-order valence-electron chi connectivity index (χ4n) is 8.46. The van der Waals surface area contributed by atoms with Gasteiger partial charge in [0.15, 0.2) is 0 Å². The van der Waals surface area contributed by atoms with Crippen LogP contribution in [0.1, 0.15) is 31.2 Å². The molecule has 12 nitrogen and oxygen atoms in total. The molecule has 3 aromatic carbocycles. The fourth-order valence-corrected chi connectivity index (χ4v) is 8.46. The van der Waals surface area contributed by atoms with Gasteiger partial charge in [-0.15, -0.1) is 0 Å². The molecule has 288 valence electrons. The molecule has 4 aliphatic rings. The molecule has 0 saturated carbocycles. The van der Waals surface area contributed by atoms with Gasteiger partial charge in [0.25, 0.3) is 0 Å². The predicted molar refractivity (Wildman–Crippen MR) is 221 cm³/mol. The Bertz CT molecular complexity index is 2270. The normalized spacial score (nSPS) is 19.2. The number of nitrogens with one attached hydrogen (secondary N) is 4. The zero-order valence-corrected chi connectivity index (χ0v) is 31.7. The third-order valence-electron chi connectivity index (χ3n) is 11.6. The van der Waals surface area contributed by atoms with E-state index < -0.39 is 0 Å². The van der Waals surface area contributed by atoms with Crippen LogP contribution in [0.5, 0.6) is 5.88 Å². The Hall–Kier alpha value is -5.95. The maximum Gasteiger partial charge on any atom is 0.237 e. The highest BCUT2D eigenvalue weighted by Gasteiger charge is 2.29. The van der Waals surface area contributed by atoms with Gasteiger partial charge in [-0.25, -0.2) is 19.3 Å². The molecular formula is C43H47FN10O2. The van der Waals surface area contributed by atoms with E-state index in [9.17, 15) is 4.79 Å². The third-order valence-corrected chi connectivity index (χ3v) is 11.6.